The molecule has 0 aromatic carbocycles. The van der Waals surface area contributed by atoms with E-state index < -0.39 is 17.4 Å². The van der Waals surface area contributed by atoms with Crippen LogP contribution in [-0.2, 0) is 18.3 Å². The van der Waals surface area contributed by atoms with Crippen molar-refractivity contribution < 1.29 is 9.84 Å². The molecule has 0 aliphatic heterocycles. The lowest BCUT2D eigenvalue weighted by atomic mass is 10.3. The standard InChI is InChI=1S/C16H27N5O4/c1-6-20(7-2)15-17-13-12(14(23)18-16(24)19(13)5)21(15)8-11(22)9-25-10(3)4/h10-11,22H,6-9H2,1-5H3,(H,18,23,24). The number of fused-ring (bicyclic) bond motifs is 1. The average Bonchev–Trinajstić information content (AvgIpc) is 2.92. The van der Waals surface area contributed by atoms with Crippen molar-refractivity contribution in [2.45, 2.75) is 46.4 Å². The quantitative estimate of drug-likeness (QED) is 0.695. The zero-order chi connectivity index (χ0) is 18.7. The number of anilines is 1. The van der Waals surface area contributed by atoms with Gasteiger partial charge in [-0.1, -0.05) is 0 Å². The van der Waals surface area contributed by atoms with Crippen LogP contribution in [0.4, 0.5) is 5.95 Å². The number of aromatic nitrogens is 4. The summed E-state index contributed by atoms with van der Waals surface area (Å²) in [4.78, 5) is 33.0. The zero-order valence-electron chi connectivity index (χ0n) is 15.4. The fourth-order valence-electron chi connectivity index (χ4n) is 2.71. The third-order valence-corrected chi connectivity index (χ3v) is 4.05. The van der Waals surface area contributed by atoms with Crippen molar-refractivity contribution >= 4 is 17.1 Å². The van der Waals surface area contributed by atoms with Crippen molar-refractivity contribution in [3.05, 3.63) is 20.8 Å². The Morgan fingerprint density at radius 1 is 1.28 bits per heavy atom. The summed E-state index contributed by atoms with van der Waals surface area (Å²) in [7, 11) is 1.56. The molecule has 0 amide bonds. The monoisotopic (exact) mass is 353 g/mol. The highest BCUT2D eigenvalue weighted by molar-refractivity contribution is 5.74. The molecular formula is C16H27N5O4. The Hall–Kier alpha value is -2.13. The molecule has 0 aliphatic carbocycles. The summed E-state index contributed by atoms with van der Waals surface area (Å²) in [6.45, 7) is 9.41. The molecular weight excluding hydrogens is 326 g/mol. The second kappa shape index (κ2) is 7.83. The first kappa shape index (κ1) is 19.2. The summed E-state index contributed by atoms with van der Waals surface area (Å²) in [5, 5.41) is 10.3. The first-order valence-electron chi connectivity index (χ1n) is 8.54. The maximum atomic E-state index is 12.4. The third kappa shape index (κ3) is 3.93. The predicted octanol–water partition coefficient (Wildman–Crippen LogP) is 0.0554. The molecule has 0 aliphatic rings. The molecule has 140 valence electrons. The van der Waals surface area contributed by atoms with E-state index in [4.69, 9.17) is 4.74 Å². The van der Waals surface area contributed by atoms with Crippen molar-refractivity contribution in [2.75, 3.05) is 24.6 Å². The fraction of sp³-hybridized carbons (Fsp3) is 0.688. The molecule has 2 aromatic rings. The second-order valence-corrected chi connectivity index (χ2v) is 6.22. The fourth-order valence-corrected chi connectivity index (χ4v) is 2.71. The molecule has 2 N–H and O–H groups in total. The number of nitrogens with one attached hydrogen (secondary N) is 1. The van der Waals surface area contributed by atoms with Crippen LogP contribution in [0.1, 0.15) is 27.7 Å². The van der Waals surface area contributed by atoms with E-state index in [2.05, 4.69) is 9.97 Å². The molecule has 1 unspecified atom stereocenters. The van der Waals surface area contributed by atoms with Crippen LogP contribution in [0, 0.1) is 0 Å². The van der Waals surface area contributed by atoms with Crippen molar-refractivity contribution in [2.24, 2.45) is 7.05 Å². The number of nitrogens with zero attached hydrogens (tertiary/aromatic N) is 4. The second-order valence-electron chi connectivity index (χ2n) is 6.22. The van der Waals surface area contributed by atoms with E-state index in [0.29, 0.717) is 24.7 Å². The van der Waals surface area contributed by atoms with Gasteiger partial charge < -0.3 is 19.3 Å². The topological polar surface area (TPSA) is 105 Å². The molecule has 2 rings (SSSR count). The summed E-state index contributed by atoms with van der Waals surface area (Å²) in [5.41, 5.74) is -0.460. The Balaban J connectivity index is 2.58. The molecule has 2 heterocycles. The molecule has 0 saturated carbocycles. The number of hydrogen-bond acceptors (Lipinski definition) is 6. The number of ether oxygens (including phenoxy) is 1. The van der Waals surface area contributed by atoms with Gasteiger partial charge in [-0.2, -0.15) is 4.98 Å². The molecule has 0 spiro atoms. The van der Waals surface area contributed by atoms with E-state index in [1.807, 2.05) is 32.6 Å². The number of aliphatic hydroxyl groups excluding tert-OH is 1. The molecule has 0 saturated heterocycles. The summed E-state index contributed by atoms with van der Waals surface area (Å²) in [5.74, 6) is 0.551. The minimum Gasteiger partial charge on any atom is -0.389 e. The Kier molecular flexibility index (Phi) is 6.02. The van der Waals surface area contributed by atoms with E-state index >= 15 is 0 Å². The van der Waals surface area contributed by atoms with E-state index in [9.17, 15) is 14.7 Å². The van der Waals surface area contributed by atoms with Crippen molar-refractivity contribution in [3.8, 4) is 0 Å². The van der Waals surface area contributed by atoms with Crippen LogP contribution >= 0.6 is 0 Å². The summed E-state index contributed by atoms with van der Waals surface area (Å²) >= 11 is 0. The largest absolute Gasteiger partial charge is 0.389 e. The SMILES string of the molecule is CCN(CC)c1nc2c(c(=O)[nH]c(=O)n2C)n1CC(O)COC(C)C. The Morgan fingerprint density at radius 3 is 2.48 bits per heavy atom. The number of aliphatic hydroxyl groups is 1. The van der Waals surface area contributed by atoms with E-state index in [0.717, 1.165) is 0 Å². The van der Waals surface area contributed by atoms with Gasteiger partial charge in [0.25, 0.3) is 5.56 Å². The summed E-state index contributed by atoms with van der Waals surface area (Å²) in [6.07, 6.45) is -0.800. The van der Waals surface area contributed by atoms with Crippen LogP contribution in [0.15, 0.2) is 9.59 Å². The average molecular weight is 353 g/mol. The Bertz CT molecular complexity index is 831. The third-order valence-electron chi connectivity index (χ3n) is 4.05. The molecule has 9 heteroatoms. The predicted molar refractivity (Wildman–Crippen MR) is 96.3 cm³/mol. The van der Waals surface area contributed by atoms with Crippen molar-refractivity contribution in [1.29, 1.82) is 0 Å². The minimum absolute atomic E-state index is 0.000609. The van der Waals surface area contributed by atoms with Crippen LogP contribution in [-0.4, -0.2) is 56.1 Å². The lowest BCUT2D eigenvalue weighted by molar-refractivity contribution is -0.000173. The number of hydrogen-bond donors (Lipinski definition) is 2. The lowest BCUT2D eigenvalue weighted by Crippen LogP contribution is -2.32. The van der Waals surface area contributed by atoms with E-state index in [1.165, 1.54) is 4.57 Å². The number of aromatic amines is 1. The minimum atomic E-state index is -0.800. The highest BCUT2D eigenvalue weighted by Crippen LogP contribution is 2.20. The molecule has 2 aromatic heterocycles. The summed E-state index contributed by atoms with van der Waals surface area (Å²) in [6, 6.07) is 0. The Morgan fingerprint density at radius 2 is 1.92 bits per heavy atom. The van der Waals surface area contributed by atoms with Gasteiger partial charge in [0.15, 0.2) is 11.2 Å². The highest BCUT2D eigenvalue weighted by atomic mass is 16.5. The van der Waals surface area contributed by atoms with Gasteiger partial charge in [0, 0.05) is 20.1 Å². The van der Waals surface area contributed by atoms with Gasteiger partial charge in [-0.05, 0) is 27.7 Å². The lowest BCUT2D eigenvalue weighted by Gasteiger charge is -2.22. The summed E-state index contributed by atoms with van der Waals surface area (Å²) < 4.78 is 8.42. The van der Waals surface area contributed by atoms with Gasteiger partial charge >= 0.3 is 5.69 Å². The number of H-pyrrole nitrogens is 1. The molecule has 9 nitrogen and oxygen atoms in total. The first-order valence-corrected chi connectivity index (χ1v) is 8.54. The van der Waals surface area contributed by atoms with Crippen LogP contribution < -0.4 is 16.1 Å². The van der Waals surface area contributed by atoms with Crippen molar-refractivity contribution in [1.82, 2.24) is 19.1 Å². The van der Waals surface area contributed by atoms with Crippen LogP contribution in [0.5, 0.6) is 0 Å². The van der Waals surface area contributed by atoms with Gasteiger partial charge in [-0.3, -0.25) is 14.3 Å². The van der Waals surface area contributed by atoms with Gasteiger partial charge in [-0.25, -0.2) is 4.79 Å². The van der Waals surface area contributed by atoms with Gasteiger partial charge in [0.2, 0.25) is 5.95 Å². The number of rotatable bonds is 8. The smallest absolute Gasteiger partial charge is 0.329 e. The molecule has 0 fully saturated rings. The maximum absolute atomic E-state index is 12.4. The molecule has 1 atom stereocenters. The van der Waals surface area contributed by atoms with Crippen LogP contribution in [0.2, 0.25) is 0 Å². The molecule has 0 radical (unpaired) electrons. The highest BCUT2D eigenvalue weighted by Gasteiger charge is 2.22. The number of imidazole rings is 1. The van der Waals surface area contributed by atoms with Gasteiger partial charge in [-0.15, -0.1) is 0 Å². The van der Waals surface area contributed by atoms with E-state index in [1.54, 1.807) is 11.6 Å². The normalized spacial score (nSPS) is 12.9. The van der Waals surface area contributed by atoms with Crippen LogP contribution in [0.25, 0.3) is 11.2 Å². The number of aryl methyl sites for hydroxylation is 1. The zero-order valence-corrected chi connectivity index (χ0v) is 15.4. The van der Waals surface area contributed by atoms with Gasteiger partial charge in [0.1, 0.15) is 0 Å². The van der Waals surface area contributed by atoms with E-state index in [-0.39, 0.29) is 24.8 Å². The van der Waals surface area contributed by atoms with Gasteiger partial charge in [0.05, 0.1) is 25.4 Å². The molecule has 25 heavy (non-hydrogen) atoms. The first-order chi connectivity index (χ1) is 11.8. The Labute approximate surface area is 145 Å². The van der Waals surface area contributed by atoms with Crippen LogP contribution in [0.3, 0.4) is 0 Å². The molecule has 0 bridgehead atoms. The van der Waals surface area contributed by atoms with Crippen molar-refractivity contribution in [3.63, 3.8) is 0 Å². The maximum Gasteiger partial charge on any atom is 0.329 e.